The van der Waals surface area contributed by atoms with Crippen LogP contribution < -0.4 is 10.6 Å². The first kappa shape index (κ1) is 25.0. The molecule has 0 spiro atoms. The van der Waals surface area contributed by atoms with Crippen LogP contribution in [-0.2, 0) is 12.7 Å². The van der Waals surface area contributed by atoms with Crippen molar-refractivity contribution in [2.24, 2.45) is 5.73 Å². The lowest BCUT2D eigenvalue weighted by atomic mass is 9.92. The zero-order valence-electron chi connectivity index (χ0n) is 19.5. The highest BCUT2D eigenvalue weighted by Gasteiger charge is 2.34. The number of anilines is 1. The highest BCUT2D eigenvalue weighted by Crippen LogP contribution is 2.42. The van der Waals surface area contributed by atoms with E-state index in [1.54, 1.807) is 6.07 Å². The van der Waals surface area contributed by atoms with Gasteiger partial charge in [-0.15, -0.1) is 0 Å². The maximum Gasteiger partial charge on any atom is 0.416 e. The summed E-state index contributed by atoms with van der Waals surface area (Å²) < 4.78 is 40.9. The average Bonchev–Trinajstić information content (AvgIpc) is 3.35. The van der Waals surface area contributed by atoms with Gasteiger partial charge in [0.25, 0.3) is 0 Å². The molecule has 0 amide bonds. The lowest BCUT2D eigenvalue weighted by Crippen LogP contribution is -2.33. The van der Waals surface area contributed by atoms with E-state index in [-0.39, 0.29) is 0 Å². The van der Waals surface area contributed by atoms with E-state index in [2.05, 4.69) is 4.90 Å². The van der Waals surface area contributed by atoms with Crippen molar-refractivity contribution in [3.05, 3.63) is 105 Å². The standard InChI is InChI=1S/C28H26Cl2F3N3/c29-22-5-3-4-18(14-22)27(19-6-7-20(24(30)15-19)17-35-11-1-2-12-35)36-13-10-25(34)23-9-8-21(16-26(23)36)28(31,32)33/h3-10,14-16,27H,1-2,11-13,17,34H2. The molecule has 0 saturated carbocycles. The van der Waals surface area contributed by atoms with Gasteiger partial charge >= 0.3 is 6.18 Å². The summed E-state index contributed by atoms with van der Waals surface area (Å²) in [4.78, 5) is 4.31. The average molecular weight is 532 g/mol. The molecule has 2 aliphatic heterocycles. The predicted octanol–water partition coefficient (Wildman–Crippen LogP) is 7.52. The Morgan fingerprint density at radius 1 is 0.917 bits per heavy atom. The van der Waals surface area contributed by atoms with Gasteiger partial charge in [0.2, 0.25) is 0 Å². The number of nitrogens with two attached hydrogens (primary N) is 1. The van der Waals surface area contributed by atoms with Gasteiger partial charge in [-0.2, -0.15) is 13.2 Å². The normalized spacial score (nSPS) is 17.1. The Hall–Kier alpha value is -2.67. The van der Waals surface area contributed by atoms with Crippen LogP contribution in [0.25, 0.3) is 5.70 Å². The molecule has 2 heterocycles. The van der Waals surface area contributed by atoms with E-state index >= 15 is 0 Å². The third-order valence-electron chi connectivity index (χ3n) is 6.91. The smallest absolute Gasteiger partial charge is 0.398 e. The van der Waals surface area contributed by atoms with E-state index in [9.17, 15) is 13.2 Å². The van der Waals surface area contributed by atoms with Gasteiger partial charge in [0.15, 0.2) is 0 Å². The van der Waals surface area contributed by atoms with E-state index in [1.807, 2.05) is 47.4 Å². The van der Waals surface area contributed by atoms with Crippen LogP contribution in [0.3, 0.4) is 0 Å². The lowest BCUT2D eigenvalue weighted by Gasteiger charge is -2.38. The Balaban J connectivity index is 1.60. The van der Waals surface area contributed by atoms with Crippen LogP contribution in [0.4, 0.5) is 18.9 Å². The fourth-order valence-electron chi connectivity index (χ4n) is 5.11. The fraction of sp³-hybridized carbons (Fsp3) is 0.286. The summed E-state index contributed by atoms with van der Waals surface area (Å²) in [5, 5.41) is 1.19. The summed E-state index contributed by atoms with van der Waals surface area (Å²) in [7, 11) is 0. The van der Waals surface area contributed by atoms with Crippen LogP contribution in [-0.4, -0.2) is 24.5 Å². The summed E-state index contributed by atoms with van der Waals surface area (Å²) in [5.74, 6) is 0. The third-order valence-corrected chi connectivity index (χ3v) is 7.50. The van der Waals surface area contributed by atoms with E-state index in [0.717, 1.165) is 42.4 Å². The summed E-state index contributed by atoms with van der Waals surface area (Å²) >= 11 is 13.1. The summed E-state index contributed by atoms with van der Waals surface area (Å²) in [6.07, 6.45) is -0.256. The molecule has 0 aliphatic carbocycles. The molecule has 1 unspecified atom stereocenters. The molecule has 188 valence electrons. The number of hydrogen-bond donors (Lipinski definition) is 1. The van der Waals surface area contributed by atoms with Gasteiger partial charge in [0.05, 0.1) is 11.6 Å². The third kappa shape index (κ3) is 5.08. The van der Waals surface area contributed by atoms with Crippen molar-refractivity contribution in [2.45, 2.75) is 31.6 Å². The Labute approximate surface area is 218 Å². The molecule has 3 nitrogen and oxygen atoms in total. The molecule has 0 radical (unpaired) electrons. The number of fused-ring (bicyclic) bond motifs is 1. The van der Waals surface area contributed by atoms with E-state index in [0.29, 0.717) is 33.5 Å². The topological polar surface area (TPSA) is 32.5 Å². The van der Waals surface area contributed by atoms with Crippen LogP contribution in [0.15, 0.2) is 66.7 Å². The van der Waals surface area contributed by atoms with Crippen molar-refractivity contribution < 1.29 is 13.2 Å². The zero-order chi connectivity index (χ0) is 25.4. The highest BCUT2D eigenvalue weighted by atomic mass is 35.5. The highest BCUT2D eigenvalue weighted by molar-refractivity contribution is 6.31. The molecule has 1 saturated heterocycles. The molecule has 2 N–H and O–H groups in total. The van der Waals surface area contributed by atoms with Gasteiger partial charge in [-0.3, -0.25) is 4.90 Å². The SMILES string of the molecule is NC1=CCN(C(c2cccc(Cl)c2)c2ccc(CN3CCCC3)c(Cl)c2)c2cc(C(F)(F)F)ccc21. The van der Waals surface area contributed by atoms with Gasteiger partial charge in [-0.1, -0.05) is 53.5 Å². The number of halogens is 5. The molecule has 3 aromatic carbocycles. The van der Waals surface area contributed by atoms with Crippen LogP contribution in [0.1, 0.15) is 46.7 Å². The Morgan fingerprint density at radius 2 is 1.67 bits per heavy atom. The summed E-state index contributed by atoms with van der Waals surface area (Å²) in [6.45, 7) is 3.23. The second-order valence-electron chi connectivity index (χ2n) is 9.33. The minimum Gasteiger partial charge on any atom is -0.398 e. The Morgan fingerprint density at radius 3 is 2.36 bits per heavy atom. The monoisotopic (exact) mass is 531 g/mol. The molecule has 1 atom stereocenters. The van der Waals surface area contributed by atoms with Crippen LogP contribution in [0.5, 0.6) is 0 Å². The van der Waals surface area contributed by atoms with Gasteiger partial charge < -0.3 is 10.6 Å². The van der Waals surface area contributed by atoms with Crippen molar-refractivity contribution >= 4 is 34.6 Å². The molecule has 5 rings (SSSR count). The second-order valence-corrected chi connectivity index (χ2v) is 10.2. The molecular formula is C28H26Cl2F3N3. The van der Waals surface area contributed by atoms with E-state index in [4.69, 9.17) is 28.9 Å². The zero-order valence-corrected chi connectivity index (χ0v) is 21.0. The number of likely N-dealkylation sites (tertiary alicyclic amines) is 1. The van der Waals surface area contributed by atoms with E-state index < -0.39 is 17.8 Å². The molecular weight excluding hydrogens is 506 g/mol. The van der Waals surface area contributed by atoms with Gasteiger partial charge in [0, 0.05) is 40.1 Å². The fourth-order valence-corrected chi connectivity index (χ4v) is 5.56. The molecule has 36 heavy (non-hydrogen) atoms. The number of hydrogen-bond acceptors (Lipinski definition) is 3. The number of nitrogens with zero attached hydrogens (tertiary/aromatic N) is 2. The van der Waals surface area contributed by atoms with Crippen LogP contribution >= 0.6 is 23.2 Å². The lowest BCUT2D eigenvalue weighted by molar-refractivity contribution is -0.137. The number of benzene rings is 3. The Kier molecular flexibility index (Phi) is 6.95. The maximum absolute atomic E-state index is 13.6. The minimum atomic E-state index is -4.47. The van der Waals surface area contributed by atoms with Crippen molar-refractivity contribution in [3.8, 4) is 0 Å². The largest absolute Gasteiger partial charge is 0.416 e. The van der Waals surface area contributed by atoms with Crippen LogP contribution in [0, 0.1) is 0 Å². The summed E-state index contributed by atoms with van der Waals surface area (Å²) in [5.41, 5.74) is 9.68. The van der Waals surface area contributed by atoms with Crippen molar-refractivity contribution in [1.82, 2.24) is 4.90 Å². The molecule has 0 aromatic heterocycles. The van der Waals surface area contributed by atoms with Crippen molar-refractivity contribution in [2.75, 3.05) is 24.5 Å². The van der Waals surface area contributed by atoms with Gasteiger partial charge in [-0.05, 0) is 79.0 Å². The molecule has 0 bridgehead atoms. The molecule has 3 aromatic rings. The van der Waals surface area contributed by atoms with Crippen molar-refractivity contribution in [3.63, 3.8) is 0 Å². The molecule has 8 heteroatoms. The van der Waals surface area contributed by atoms with Gasteiger partial charge in [0.1, 0.15) is 0 Å². The quantitative estimate of drug-likeness (QED) is 0.369. The second kappa shape index (κ2) is 10.0. The first-order valence-corrected chi connectivity index (χ1v) is 12.7. The van der Waals surface area contributed by atoms with Gasteiger partial charge in [-0.25, -0.2) is 0 Å². The number of rotatable bonds is 5. The molecule has 1 fully saturated rings. The first-order chi connectivity index (χ1) is 17.2. The number of alkyl halides is 3. The molecule has 2 aliphatic rings. The summed E-state index contributed by atoms with van der Waals surface area (Å²) in [6, 6.07) is 16.6. The predicted molar refractivity (Wildman–Crippen MR) is 140 cm³/mol. The van der Waals surface area contributed by atoms with Crippen LogP contribution in [0.2, 0.25) is 10.0 Å². The van der Waals surface area contributed by atoms with E-state index in [1.165, 1.54) is 25.0 Å². The Bertz CT molecular complexity index is 1300. The first-order valence-electron chi connectivity index (χ1n) is 11.9. The minimum absolute atomic E-state index is 0.338. The maximum atomic E-state index is 13.6. The van der Waals surface area contributed by atoms with Crippen molar-refractivity contribution in [1.29, 1.82) is 0 Å².